The molecule has 2 atom stereocenters. The summed E-state index contributed by atoms with van der Waals surface area (Å²) in [6.07, 6.45) is -0.787. The minimum atomic E-state index is -3.52. The Morgan fingerprint density at radius 2 is 2.38 bits per heavy atom. The van der Waals surface area contributed by atoms with Gasteiger partial charge in [-0.2, -0.15) is 4.21 Å². The van der Waals surface area contributed by atoms with E-state index in [2.05, 4.69) is 15.4 Å². The van der Waals surface area contributed by atoms with E-state index in [1.807, 2.05) is 0 Å². The van der Waals surface area contributed by atoms with Gasteiger partial charge >= 0.3 is 0 Å². The van der Waals surface area contributed by atoms with Crippen LogP contribution in [0.25, 0.3) is 0 Å². The highest BCUT2D eigenvalue weighted by Crippen LogP contribution is 1.88. The van der Waals surface area contributed by atoms with Crippen molar-refractivity contribution in [1.29, 1.82) is 0 Å². The molecule has 0 saturated carbocycles. The van der Waals surface area contributed by atoms with Gasteiger partial charge in [-0.05, 0) is 6.92 Å². The minimum Gasteiger partial charge on any atom is -0.305 e. The van der Waals surface area contributed by atoms with Gasteiger partial charge in [-0.3, -0.25) is 8.74 Å². The van der Waals surface area contributed by atoms with E-state index in [1.165, 1.54) is 6.92 Å². The Bertz CT molecular complexity index is 149. The number of hydrogen-bond donors (Lipinski definition) is 2. The van der Waals surface area contributed by atoms with Crippen LogP contribution in [0.3, 0.4) is 0 Å². The lowest BCUT2D eigenvalue weighted by molar-refractivity contribution is 0.228. The molecule has 50 valence electrons. The van der Waals surface area contributed by atoms with Crippen molar-refractivity contribution in [3.63, 3.8) is 0 Å². The Hall–Kier alpha value is 0.250. The molecule has 0 radical (unpaired) electrons. The van der Waals surface area contributed by atoms with Gasteiger partial charge in [-0.25, -0.2) is 0 Å². The Morgan fingerprint density at radius 3 is 2.38 bits per heavy atom. The second-order valence-corrected chi connectivity index (χ2v) is 3.54. The molecule has 8 heavy (non-hydrogen) atoms. The molecule has 0 spiro atoms. The maximum Gasteiger partial charge on any atom is 0.268 e. The summed E-state index contributed by atoms with van der Waals surface area (Å²) in [7, 11) is -3.52. The minimum absolute atomic E-state index is 0.787. The third kappa shape index (κ3) is 6.25. The lowest BCUT2D eigenvalue weighted by Gasteiger charge is -2.02. The zero-order chi connectivity index (χ0) is 6.78. The van der Waals surface area contributed by atoms with Crippen LogP contribution in [0.15, 0.2) is 0 Å². The maximum atomic E-state index is 10.1. The Kier molecular flexibility index (Phi) is 2.78. The van der Waals surface area contributed by atoms with Crippen LogP contribution < -0.4 is 5.73 Å². The van der Waals surface area contributed by atoms with Gasteiger partial charge in [0.2, 0.25) is 0 Å². The van der Waals surface area contributed by atoms with E-state index in [9.17, 15) is 4.21 Å². The molecule has 0 aliphatic rings. The molecule has 0 rings (SSSR count). The van der Waals surface area contributed by atoms with Gasteiger partial charge in [0.25, 0.3) is 9.05 Å². The monoisotopic (exact) mass is 157 g/mol. The molecule has 4 nitrogen and oxygen atoms in total. The van der Waals surface area contributed by atoms with Gasteiger partial charge in [-0.15, -0.1) is 0 Å². The topological polar surface area (TPSA) is 72.5 Å². The second-order valence-electron chi connectivity index (χ2n) is 1.23. The number of hydrogen-bond acceptors (Lipinski definition) is 4. The molecule has 0 amide bonds. The molecule has 0 aromatic carbocycles. The average Bonchev–Trinajstić information content (AvgIpc) is 1.21. The highest BCUT2D eigenvalue weighted by molar-refractivity contribution is 8.27. The summed E-state index contributed by atoms with van der Waals surface area (Å²) >= 11 is 3.94. The molecule has 0 aromatic heterocycles. The first-order chi connectivity index (χ1) is 3.42. The van der Waals surface area contributed by atoms with Gasteiger partial charge in [-0.1, -0.05) is 0 Å². The first-order valence-electron chi connectivity index (χ1n) is 1.83. The highest BCUT2D eigenvalue weighted by Gasteiger charge is 2.01. The smallest absolute Gasteiger partial charge is 0.268 e. The first kappa shape index (κ1) is 8.25. The third-order valence-corrected chi connectivity index (χ3v) is 1.06. The molecule has 0 heterocycles. The molecular weight excluding hydrogens is 150 g/mol. The normalized spacial score (nSPS) is 21.9. The average molecular weight is 157 g/mol. The van der Waals surface area contributed by atoms with Gasteiger partial charge in [0.15, 0.2) is 0 Å². The summed E-state index contributed by atoms with van der Waals surface area (Å²) in [5, 5.41) is 0. The summed E-state index contributed by atoms with van der Waals surface area (Å²) in [6.45, 7) is 1.42. The predicted octanol–water partition coefficient (Wildman–Crippen LogP) is -0.558. The lowest BCUT2D eigenvalue weighted by Crippen LogP contribution is -2.22. The first-order valence-corrected chi connectivity index (χ1v) is 4.19. The van der Waals surface area contributed by atoms with E-state index >= 15 is 0 Å². The molecule has 2 unspecified atom stereocenters. The van der Waals surface area contributed by atoms with Crippen molar-refractivity contribution in [3.8, 4) is 0 Å². The van der Waals surface area contributed by atoms with E-state index in [-0.39, 0.29) is 0 Å². The van der Waals surface area contributed by atoms with Crippen molar-refractivity contribution in [2.75, 3.05) is 0 Å². The molecular formula is C2H7NO3S2. The zero-order valence-electron chi connectivity index (χ0n) is 4.23. The Labute approximate surface area is 52.7 Å². The number of rotatable bonds is 2. The molecule has 0 fully saturated rings. The zero-order valence-corrected chi connectivity index (χ0v) is 5.87. The molecule has 0 aliphatic heterocycles. The van der Waals surface area contributed by atoms with Crippen LogP contribution in [0.4, 0.5) is 0 Å². The second kappa shape index (κ2) is 2.70. The predicted molar refractivity (Wildman–Crippen MR) is 32.9 cm³/mol. The van der Waals surface area contributed by atoms with Crippen molar-refractivity contribution in [3.05, 3.63) is 0 Å². The van der Waals surface area contributed by atoms with Gasteiger partial charge in [0.05, 0.1) is 0 Å². The van der Waals surface area contributed by atoms with Crippen molar-refractivity contribution in [1.82, 2.24) is 0 Å². The lowest BCUT2D eigenvalue weighted by atomic mass is 10.7. The number of nitrogens with two attached hydrogens (primary N) is 1. The van der Waals surface area contributed by atoms with E-state index < -0.39 is 15.3 Å². The molecule has 6 heteroatoms. The van der Waals surface area contributed by atoms with Crippen LogP contribution in [0.2, 0.25) is 0 Å². The summed E-state index contributed by atoms with van der Waals surface area (Å²) in [5.74, 6) is 0. The van der Waals surface area contributed by atoms with Crippen LogP contribution in [0.5, 0.6) is 0 Å². The van der Waals surface area contributed by atoms with Crippen LogP contribution >= 0.6 is 0 Å². The third-order valence-electron chi connectivity index (χ3n) is 0.273. The summed E-state index contributed by atoms with van der Waals surface area (Å²) in [6, 6.07) is 0. The molecule has 3 N–H and O–H groups in total. The highest BCUT2D eigenvalue weighted by atomic mass is 32.9. The fourth-order valence-corrected chi connectivity index (χ4v) is 0.947. The molecule has 0 aromatic rings. The van der Waals surface area contributed by atoms with Crippen molar-refractivity contribution >= 4 is 20.2 Å². The van der Waals surface area contributed by atoms with Crippen LogP contribution in [-0.2, 0) is 24.4 Å². The maximum absolute atomic E-state index is 10.1. The van der Waals surface area contributed by atoms with Crippen molar-refractivity contribution < 1.29 is 12.9 Å². The largest absolute Gasteiger partial charge is 0.305 e. The van der Waals surface area contributed by atoms with Gasteiger partial charge in [0, 0.05) is 11.2 Å². The van der Waals surface area contributed by atoms with Crippen LogP contribution in [0.1, 0.15) is 6.92 Å². The Morgan fingerprint density at radius 1 is 2.00 bits per heavy atom. The summed E-state index contributed by atoms with van der Waals surface area (Å²) < 4.78 is 22.4. The summed E-state index contributed by atoms with van der Waals surface area (Å²) in [4.78, 5) is 0. The van der Waals surface area contributed by atoms with Gasteiger partial charge < -0.3 is 5.73 Å². The Balaban J connectivity index is 3.75. The fourth-order valence-electron chi connectivity index (χ4n) is 0.192. The van der Waals surface area contributed by atoms with E-state index in [0.717, 1.165) is 0 Å². The molecule has 0 aliphatic carbocycles. The van der Waals surface area contributed by atoms with Crippen molar-refractivity contribution in [2.45, 2.75) is 13.2 Å². The molecule has 0 saturated heterocycles. The van der Waals surface area contributed by atoms with E-state index in [4.69, 9.17) is 10.3 Å². The standard InChI is InChI=1S/C2H7NO3S2/c1-2(3)6-8(4,5)7/h2H,3H2,1H3,(H,4,5,7). The van der Waals surface area contributed by atoms with Crippen molar-refractivity contribution in [2.24, 2.45) is 5.73 Å². The van der Waals surface area contributed by atoms with E-state index in [0.29, 0.717) is 0 Å². The van der Waals surface area contributed by atoms with Crippen LogP contribution in [0, 0.1) is 0 Å². The van der Waals surface area contributed by atoms with Gasteiger partial charge in [0.1, 0.15) is 6.23 Å². The SMILES string of the molecule is CC(N)OS(=O)(O)=S. The quantitative estimate of drug-likeness (QED) is 0.526. The van der Waals surface area contributed by atoms with E-state index in [1.54, 1.807) is 0 Å². The fraction of sp³-hybridized carbons (Fsp3) is 1.00. The summed E-state index contributed by atoms with van der Waals surface area (Å²) in [5.41, 5.74) is 4.95. The van der Waals surface area contributed by atoms with Crippen LogP contribution in [-0.4, -0.2) is 15.0 Å². The molecule has 0 bridgehead atoms.